The first-order valence-corrected chi connectivity index (χ1v) is 6.41. The van der Waals surface area contributed by atoms with Crippen molar-refractivity contribution in [3.8, 4) is 0 Å². The molecule has 22 heavy (non-hydrogen) atoms. The van der Waals surface area contributed by atoms with Crippen molar-refractivity contribution in [3.05, 3.63) is 41.0 Å². The lowest BCUT2D eigenvalue weighted by atomic mass is 10.2. The molecule has 0 aliphatic heterocycles. The molecule has 2 rings (SSSR count). The van der Waals surface area contributed by atoms with Crippen molar-refractivity contribution in [1.29, 1.82) is 0 Å². The third-order valence-corrected chi connectivity index (χ3v) is 2.74. The zero-order chi connectivity index (χ0) is 15.9. The van der Waals surface area contributed by atoms with Gasteiger partial charge in [0.2, 0.25) is 0 Å². The molecule has 1 aromatic carbocycles. The Labute approximate surface area is 125 Å². The molecule has 0 bridgehead atoms. The molecule has 0 aliphatic rings. The highest BCUT2D eigenvalue weighted by Gasteiger charge is 2.16. The standard InChI is InChI=1S/C13H15FN4O4/c1-8-6-9(2-3-10(8)14)15-13(16-20)12-11(17-22-18-12)7-21-5-4-19/h2-3,6,19-20H,4-5,7H2,1H3,(H,15,16). The number of aliphatic hydroxyl groups excluding tert-OH is 1. The molecular formula is C13H15FN4O4. The van der Waals surface area contributed by atoms with Crippen LogP contribution < -0.4 is 5.48 Å². The van der Waals surface area contributed by atoms with Crippen LogP contribution in [-0.2, 0) is 11.3 Å². The highest BCUT2D eigenvalue weighted by molar-refractivity contribution is 5.98. The quantitative estimate of drug-likeness (QED) is 0.317. The van der Waals surface area contributed by atoms with Crippen LogP contribution in [0.3, 0.4) is 0 Å². The van der Waals surface area contributed by atoms with Crippen LogP contribution in [0.25, 0.3) is 0 Å². The fourth-order valence-corrected chi connectivity index (χ4v) is 1.67. The average molecular weight is 310 g/mol. The molecule has 3 N–H and O–H groups in total. The topological polar surface area (TPSA) is 113 Å². The van der Waals surface area contributed by atoms with E-state index in [1.54, 1.807) is 6.92 Å². The van der Waals surface area contributed by atoms with Crippen molar-refractivity contribution in [3.63, 3.8) is 0 Å². The molecule has 9 heteroatoms. The molecule has 1 aromatic heterocycles. The van der Waals surface area contributed by atoms with Crippen molar-refractivity contribution in [2.24, 2.45) is 4.99 Å². The summed E-state index contributed by atoms with van der Waals surface area (Å²) in [5.74, 6) is -0.367. The molecule has 0 fully saturated rings. The number of hydrogen-bond donors (Lipinski definition) is 3. The highest BCUT2D eigenvalue weighted by atomic mass is 19.1. The molecule has 0 spiro atoms. The largest absolute Gasteiger partial charge is 0.394 e. The van der Waals surface area contributed by atoms with E-state index in [2.05, 4.69) is 19.9 Å². The Bertz CT molecular complexity index is 659. The van der Waals surface area contributed by atoms with Gasteiger partial charge in [-0.15, -0.1) is 0 Å². The molecule has 0 atom stereocenters. The van der Waals surface area contributed by atoms with E-state index in [0.29, 0.717) is 16.9 Å². The summed E-state index contributed by atoms with van der Waals surface area (Å²) in [5, 5.41) is 25.2. The number of halogens is 1. The number of aliphatic imine (C=N–C) groups is 1. The van der Waals surface area contributed by atoms with Gasteiger partial charge in [-0.05, 0) is 35.8 Å². The van der Waals surface area contributed by atoms with Gasteiger partial charge in [0.25, 0.3) is 0 Å². The molecule has 0 amide bonds. The lowest BCUT2D eigenvalue weighted by molar-refractivity contribution is 0.0778. The minimum absolute atomic E-state index is 0.0187. The van der Waals surface area contributed by atoms with Gasteiger partial charge in [-0.3, -0.25) is 10.7 Å². The van der Waals surface area contributed by atoms with Gasteiger partial charge in [-0.25, -0.2) is 14.0 Å². The Morgan fingerprint density at radius 3 is 2.95 bits per heavy atom. The third kappa shape index (κ3) is 3.85. The number of hydrogen-bond acceptors (Lipinski definition) is 7. The summed E-state index contributed by atoms with van der Waals surface area (Å²) in [6.45, 7) is 1.63. The Morgan fingerprint density at radius 1 is 1.45 bits per heavy atom. The van der Waals surface area contributed by atoms with Crippen LogP contribution in [0, 0.1) is 12.7 Å². The van der Waals surface area contributed by atoms with E-state index < -0.39 is 0 Å². The van der Waals surface area contributed by atoms with Crippen molar-refractivity contribution in [2.75, 3.05) is 13.2 Å². The van der Waals surface area contributed by atoms with E-state index >= 15 is 0 Å². The maximum atomic E-state index is 13.2. The van der Waals surface area contributed by atoms with Gasteiger partial charge in [0.15, 0.2) is 11.5 Å². The van der Waals surface area contributed by atoms with E-state index in [1.807, 2.05) is 5.48 Å². The van der Waals surface area contributed by atoms with Crippen molar-refractivity contribution >= 4 is 11.5 Å². The second kappa shape index (κ2) is 7.59. The number of aryl methyl sites for hydroxylation is 1. The number of aliphatic hydroxyl groups is 1. The monoisotopic (exact) mass is 310 g/mol. The Balaban J connectivity index is 2.25. The van der Waals surface area contributed by atoms with E-state index in [1.165, 1.54) is 18.2 Å². The molecule has 2 aromatic rings. The lowest BCUT2D eigenvalue weighted by Gasteiger charge is -2.04. The number of nitrogens with one attached hydrogen (secondary N) is 1. The third-order valence-electron chi connectivity index (χ3n) is 2.74. The van der Waals surface area contributed by atoms with E-state index in [4.69, 9.17) is 9.84 Å². The van der Waals surface area contributed by atoms with Crippen LogP contribution in [0.2, 0.25) is 0 Å². The van der Waals surface area contributed by atoms with Gasteiger partial charge in [0.1, 0.15) is 11.5 Å². The first kappa shape index (κ1) is 16.0. The fraction of sp³-hybridized carbons (Fsp3) is 0.308. The highest BCUT2D eigenvalue weighted by Crippen LogP contribution is 2.18. The van der Waals surface area contributed by atoms with Crippen molar-refractivity contribution in [2.45, 2.75) is 13.5 Å². The minimum Gasteiger partial charge on any atom is -0.394 e. The maximum absolute atomic E-state index is 13.2. The predicted molar refractivity (Wildman–Crippen MR) is 73.3 cm³/mol. The molecule has 0 unspecified atom stereocenters. The van der Waals surface area contributed by atoms with Gasteiger partial charge in [0.05, 0.1) is 25.5 Å². The van der Waals surface area contributed by atoms with Gasteiger partial charge in [-0.2, -0.15) is 0 Å². The number of ether oxygens (including phenoxy) is 1. The summed E-state index contributed by atoms with van der Waals surface area (Å²) in [7, 11) is 0. The summed E-state index contributed by atoms with van der Waals surface area (Å²) in [5.41, 5.74) is 3.20. The van der Waals surface area contributed by atoms with Crippen LogP contribution in [0.5, 0.6) is 0 Å². The van der Waals surface area contributed by atoms with E-state index in [0.717, 1.165) is 0 Å². The first-order valence-electron chi connectivity index (χ1n) is 6.41. The zero-order valence-corrected chi connectivity index (χ0v) is 11.8. The minimum atomic E-state index is -0.348. The molecule has 1 heterocycles. The van der Waals surface area contributed by atoms with Gasteiger partial charge in [-0.1, -0.05) is 5.16 Å². The van der Waals surface area contributed by atoms with Crippen molar-refractivity contribution in [1.82, 2.24) is 15.8 Å². The summed E-state index contributed by atoms with van der Waals surface area (Å²) in [6.07, 6.45) is 0. The Kier molecular flexibility index (Phi) is 5.53. The number of rotatable bonds is 6. The first-order chi connectivity index (χ1) is 10.7. The normalized spacial score (nSPS) is 11.7. The molecular weight excluding hydrogens is 295 g/mol. The average Bonchev–Trinajstić information content (AvgIpc) is 2.97. The second-order valence-corrected chi connectivity index (χ2v) is 4.34. The molecule has 0 saturated carbocycles. The van der Waals surface area contributed by atoms with E-state index in [9.17, 15) is 9.60 Å². The smallest absolute Gasteiger partial charge is 0.182 e. The Morgan fingerprint density at radius 2 is 2.27 bits per heavy atom. The second-order valence-electron chi connectivity index (χ2n) is 4.34. The SMILES string of the molecule is Cc1cc(N=C(NO)c2nonc2COCCO)ccc1F. The van der Waals surface area contributed by atoms with Crippen LogP contribution in [0.4, 0.5) is 10.1 Å². The maximum Gasteiger partial charge on any atom is 0.182 e. The summed E-state index contributed by atoms with van der Waals surface area (Å²) >= 11 is 0. The van der Waals surface area contributed by atoms with Crippen LogP contribution in [0.1, 0.15) is 17.0 Å². The van der Waals surface area contributed by atoms with Crippen LogP contribution in [-0.4, -0.2) is 39.7 Å². The molecule has 8 nitrogen and oxygen atoms in total. The van der Waals surface area contributed by atoms with E-state index in [-0.39, 0.29) is 37.2 Å². The number of aromatic nitrogens is 2. The van der Waals surface area contributed by atoms with Crippen LogP contribution >= 0.6 is 0 Å². The Hall–Kier alpha value is -2.36. The zero-order valence-electron chi connectivity index (χ0n) is 11.8. The van der Waals surface area contributed by atoms with Crippen molar-refractivity contribution < 1.29 is 24.1 Å². The molecule has 0 aliphatic carbocycles. The summed E-state index contributed by atoms with van der Waals surface area (Å²) < 4.78 is 23.0. The number of hydroxylamine groups is 1. The van der Waals surface area contributed by atoms with Crippen LogP contribution in [0.15, 0.2) is 27.8 Å². The van der Waals surface area contributed by atoms with Gasteiger partial charge >= 0.3 is 0 Å². The molecule has 0 saturated heterocycles. The molecule has 118 valence electrons. The summed E-state index contributed by atoms with van der Waals surface area (Å²) in [6, 6.07) is 4.24. The number of benzene rings is 1. The van der Waals surface area contributed by atoms with Gasteiger partial charge < -0.3 is 9.84 Å². The van der Waals surface area contributed by atoms with Gasteiger partial charge in [0, 0.05) is 0 Å². The summed E-state index contributed by atoms with van der Waals surface area (Å²) in [4.78, 5) is 4.13. The predicted octanol–water partition coefficient (Wildman–Crippen LogP) is 1.08. The number of nitrogens with zero attached hydrogens (tertiary/aromatic N) is 3. The molecule has 0 radical (unpaired) electrons. The number of amidine groups is 1. The lowest BCUT2D eigenvalue weighted by Crippen LogP contribution is -2.22. The fourth-order valence-electron chi connectivity index (χ4n) is 1.67.